The highest BCUT2D eigenvalue weighted by atomic mass is 79.9. The van der Waals surface area contributed by atoms with E-state index in [9.17, 15) is 4.79 Å². The summed E-state index contributed by atoms with van der Waals surface area (Å²) < 4.78 is 6.21. The van der Waals surface area contributed by atoms with Gasteiger partial charge in [-0.05, 0) is 39.7 Å². The van der Waals surface area contributed by atoms with Crippen LogP contribution in [0.4, 0.5) is 0 Å². The average molecular weight is 416 g/mol. The molecule has 6 heteroatoms. The van der Waals surface area contributed by atoms with Gasteiger partial charge in [0.15, 0.2) is 5.75 Å². The zero-order chi connectivity index (χ0) is 17.8. The number of aromatic amines is 1. The Bertz CT molecular complexity index is 1010. The number of hydrogen-bond acceptors (Lipinski definition) is 3. The first-order chi connectivity index (χ1) is 12.1. The summed E-state index contributed by atoms with van der Waals surface area (Å²) in [5.74, 6) is 0.795. The van der Waals surface area contributed by atoms with Crippen LogP contribution in [0.2, 0.25) is 5.02 Å². The van der Waals surface area contributed by atoms with E-state index < -0.39 is 0 Å². The molecule has 3 rings (SSSR count). The van der Waals surface area contributed by atoms with Crippen LogP contribution in [0, 0.1) is 11.3 Å². The molecule has 0 aliphatic heterocycles. The molecule has 0 radical (unpaired) electrons. The first-order valence-corrected chi connectivity index (χ1v) is 8.56. The first kappa shape index (κ1) is 17.3. The number of H-pyrrole nitrogens is 1. The Morgan fingerprint density at radius 1 is 1.20 bits per heavy atom. The van der Waals surface area contributed by atoms with Crippen molar-refractivity contribution in [2.75, 3.05) is 0 Å². The number of hydrogen-bond donors (Lipinski definition) is 1. The van der Waals surface area contributed by atoms with Crippen LogP contribution in [0.15, 0.2) is 64.0 Å². The number of nitriles is 1. The molecule has 0 aliphatic carbocycles. The SMILES string of the molecule is N#Cc1cc(Cl)cc(Oc2c(Cc3ccccc3)c[nH]c(=O)c2Br)c1. The second-order valence-electron chi connectivity index (χ2n) is 5.34. The lowest BCUT2D eigenvalue weighted by Crippen LogP contribution is -2.10. The van der Waals surface area contributed by atoms with Gasteiger partial charge in [-0.1, -0.05) is 41.9 Å². The van der Waals surface area contributed by atoms with Crippen molar-refractivity contribution in [3.05, 3.63) is 91.3 Å². The minimum atomic E-state index is -0.297. The van der Waals surface area contributed by atoms with Crippen molar-refractivity contribution < 1.29 is 4.74 Å². The maximum atomic E-state index is 12.0. The Balaban J connectivity index is 2.03. The third kappa shape index (κ3) is 4.11. The van der Waals surface area contributed by atoms with Gasteiger partial charge in [0, 0.05) is 23.2 Å². The van der Waals surface area contributed by atoms with Gasteiger partial charge in [0.1, 0.15) is 10.2 Å². The van der Waals surface area contributed by atoms with Crippen molar-refractivity contribution in [3.8, 4) is 17.6 Å². The molecule has 2 aromatic carbocycles. The van der Waals surface area contributed by atoms with Crippen molar-refractivity contribution in [2.24, 2.45) is 0 Å². The molecule has 4 nitrogen and oxygen atoms in total. The van der Waals surface area contributed by atoms with E-state index in [1.807, 2.05) is 36.4 Å². The molecule has 0 spiro atoms. The molecule has 0 unspecified atom stereocenters. The van der Waals surface area contributed by atoms with Crippen LogP contribution in [0.1, 0.15) is 16.7 Å². The largest absolute Gasteiger partial charge is 0.456 e. The van der Waals surface area contributed by atoms with E-state index >= 15 is 0 Å². The van der Waals surface area contributed by atoms with Gasteiger partial charge in [0.2, 0.25) is 0 Å². The monoisotopic (exact) mass is 414 g/mol. The summed E-state index contributed by atoms with van der Waals surface area (Å²) in [4.78, 5) is 14.7. The van der Waals surface area contributed by atoms with E-state index in [-0.39, 0.29) is 5.56 Å². The minimum Gasteiger partial charge on any atom is -0.456 e. The number of pyridine rings is 1. The van der Waals surface area contributed by atoms with E-state index in [2.05, 4.69) is 20.9 Å². The van der Waals surface area contributed by atoms with E-state index in [1.54, 1.807) is 24.4 Å². The Morgan fingerprint density at radius 2 is 1.96 bits per heavy atom. The van der Waals surface area contributed by atoms with Crippen LogP contribution in [-0.2, 0) is 6.42 Å². The van der Waals surface area contributed by atoms with E-state index in [0.717, 1.165) is 11.1 Å². The summed E-state index contributed by atoms with van der Waals surface area (Å²) in [5.41, 5.74) is 1.97. The lowest BCUT2D eigenvalue weighted by atomic mass is 10.1. The maximum Gasteiger partial charge on any atom is 0.266 e. The molecule has 0 aliphatic rings. The van der Waals surface area contributed by atoms with Gasteiger partial charge in [-0.3, -0.25) is 4.79 Å². The summed E-state index contributed by atoms with van der Waals surface area (Å²) in [7, 11) is 0. The summed E-state index contributed by atoms with van der Waals surface area (Å²) >= 11 is 9.31. The second kappa shape index (κ2) is 7.56. The molecule has 1 aromatic heterocycles. The fourth-order valence-corrected chi connectivity index (χ4v) is 3.06. The van der Waals surface area contributed by atoms with Gasteiger partial charge in [0.05, 0.1) is 11.6 Å². The molecule has 0 bridgehead atoms. The van der Waals surface area contributed by atoms with Crippen LogP contribution in [-0.4, -0.2) is 4.98 Å². The molecule has 3 aromatic rings. The van der Waals surface area contributed by atoms with Crippen LogP contribution in [0.5, 0.6) is 11.5 Å². The number of nitrogens with one attached hydrogen (secondary N) is 1. The van der Waals surface area contributed by atoms with Crippen LogP contribution in [0.25, 0.3) is 0 Å². The average Bonchev–Trinajstić information content (AvgIpc) is 2.61. The molecular weight excluding hydrogens is 404 g/mol. The number of benzene rings is 2. The normalized spacial score (nSPS) is 10.3. The number of rotatable bonds is 4. The highest BCUT2D eigenvalue weighted by molar-refractivity contribution is 9.10. The standard InChI is InChI=1S/C19H12BrClN2O2/c20-17-18(25-16-8-13(10-22)7-15(21)9-16)14(11-23-19(17)24)6-12-4-2-1-3-5-12/h1-5,7-9,11H,6H2,(H,23,24). The van der Waals surface area contributed by atoms with Gasteiger partial charge in [-0.2, -0.15) is 5.26 Å². The molecular formula is C19H12BrClN2O2. The van der Waals surface area contributed by atoms with Gasteiger partial charge in [-0.25, -0.2) is 0 Å². The highest BCUT2D eigenvalue weighted by Gasteiger charge is 2.14. The van der Waals surface area contributed by atoms with Crippen LogP contribution >= 0.6 is 27.5 Å². The fourth-order valence-electron chi connectivity index (χ4n) is 2.39. The summed E-state index contributed by atoms with van der Waals surface area (Å²) in [6.45, 7) is 0. The van der Waals surface area contributed by atoms with Crippen LogP contribution < -0.4 is 10.3 Å². The Labute approximate surface area is 157 Å². The zero-order valence-electron chi connectivity index (χ0n) is 12.9. The molecule has 25 heavy (non-hydrogen) atoms. The van der Waals surface area contributed by atoms with E-state index in [1.165, 1.54) is 0 Å². The number of nitrogens with zero attached hydrogens (tertiary/aromatic N) is 1. The maximum absolute atomic E-state index is 12.0. The van der Waals surface area contributed by atoms with Crippen molar-refractivity contribution in [1.82, 2.24) is 4.98 Å². The minimum absolute atomic E-state index is 0.291. The van der Waals surface area contributed by atoms with Gasteiger partial charge >= 0.3 is 0 Å². The summed E-state index contributed by atoms with van der Waals surface area (Å²) in [5, 5.41) is 9.46. The van der Waals surface area contributed by atoms with Crippen LogP contribution in [0.3, 0.4) is 0 Å². The fraction of sp³-hybridized carbons (Fsp3) is 0.0526. The first-order valence-electron chi connectivity index (χ1n) is 7.39. The predicted octanol–water partition coefficient (Wildman–Crippen LogP) is 5.05. The smallest absolute Gasteiger partial charge is 0.266 e. The number of aromatic nitrogens is 1. The van der Waals surface area contributed by atoms with Gasteiger partial charge in [-0.15, -0.1) is 0 Å². The Morgan fingerprint density at radius 3 is 2.68 bits per heavy atom. The summed E-state index contributed by atoms with van der Waals surface area (Å²) in [6.07, 6.45) is 2.21. The van der Waals surface area contributed by atoms with E-state index in [0.29, 0.717) is 33.0 Å². The molecule has 0 saturated carbocycles. The molecule has 0 saturated heterocycles. The predicted molar refractivity (Wildman–Crippen MR) is 100 cm³/mol. The van der Waals surface area contributed by atoms with Crippen molar-refractivity contribution >= 4 is 27.5 Å². The van der Waals surface area contributed by atoms with E-state index in [4.69, 9.17) is 21.6 Å². The number of halogens is 2. The lowest BCUT2D eigenvalue weighted by Gasteiger charge is -2.13. The van der Waals surface area contributed by atoms with Crippen molar-refractivity contribution in [1.29, 1.82) is 5.26 Å². The molecule has 0 fully saturated rings. The highest BCUT2D eigenvalue weighted by Crippen LogP contribution is 2.33. The van der Waals surface area contributed by atoms with Crippen molar-refractivity contribution in [2.45, 2.75) is 6.42 Å². The third-order valence-electron chi connectivity index (χ3n) is 3.53. The topological polar surface area (TPSA) is 65.9 Å². The lowest BCUT2D eigenvalue weighted by molar-refractivity contribution is 0.472. The quantitative estimate of drug-likeness (QED) is 0.649. The molecule has 0 amide bonds. The third-order valence-corrected chi connectivity index (χ3v) is 4.46. The molecule has 0 atom stereocenters. The Kier molecular flexibility index (Phi) is 5.22. The number of ether oxygens (including phenoxy) is 1. The molecule has 1 N–H and O–H groups in total. The van der Waals surface area contributed by atoms with Crippen molar-refractivity contribution in [3.63, 3.8) is 0 Å². The second-order valence-corrected chi connectivity index (χ2v) is 6.57. The molecule has 124 valence electrons. The zero-order valence-corrected chi connectivity index (χ0v) is 15.3. The summed E-state index contributed by atoms with van der Waals surface area (Å²) in [6, 6.07) is 16.6. The molecule has 1 heterocycles. The Hall–Kier alpha value is -2.55. The van der Waals surface area contributed by atoms with Gasteiger partial charge < -0.3 is 9.72 Å². The van der Waals surface area contributed by atoms with Gasteiger partial charge in [0.25, 0.3) is 5.56 Å².